The molecule has 0 saturated carbocycles. The number of hydrogen-bond donors (Lipinski definition) is 3. The first-order valence-electron chi connectivity index (χ1n) is 7.52. The van der Waals surface area contributed by atoms with Crippen molar-refractivity contribution in [3.05, 3.63) is 65.7 Å². The molecular formula is C18H22N2O3. The number of nitrogens with one attached hydrogen (secondary N) is 2. The number of hydrogen-bond acceptors (Lipinski definition) is 3. The summed E-state index contributed by atoms with van der Waals surface area (Å²) in [5, 5.41) is 15.4. The summed E-state index contributed by atoms with van der Waals surface area (Å²) < 4.78 is 5.10. The molecule has 2 aromatic carbocycles. The van der Waals surface area contributed by atoms with Crippen LogP contribution in [0.2, 0.25) is 0 Å². The number of carbonyl (C=O) groups is 1. The van der Waals surface area contributed by atoms with Gasteiger partial charge in [-0.3, -0.25) is 0 Å². The van der Waals surface area contributed by atoms with Crippen LogP contribution in [0.4, 0.5) is 10.5 Å². The van der Waals surface area contributed by atoms with Crippen molar-refractivity contribution in [1.82, 2.24) is 5.32 Å². The summed E-state index contributed by atoms with van der Waals surface area (Å²) in [7, 11) is 1.61. The van der Waals surface area contributed by atoms with Crippen molar-refractivity contribution in [2.45, 2.75) is 19.1 Å². The van der Waals surface area contributed by atoms with Gasteiger partial charge in [0.25, 0.3) is 0 Å². The number of rotatable bonds is 7. The first-order chi connectivity index (χ1) is 11.2. The predicted octanol–water partition coefficient (Wildman–Crippen LogP) is 2.56. The van der Waals surface area contributed by atoms with Gasteiger partial charge in [-0.15, -0.1) is 0 Å². The van der Waals surface area contributed by atoms with E-state index in [9.17, 15) is 9.90 Å². The van der Waals surface area contributed by atoms with Crippen LogP contribution in [-0.2, 0) is 17.8 Å². The van der Waals surface area contributed by atoms with Crippen molar-refractivity contribution in [2.75, 3.05) is 19.0 Å². The molecule has 1 unspecified atom stereocenters. The van der Waals surface area contributed by atoms with Crippen LogP contribution in [0.25, 0.3) is 0 Å². The number of methoxy groups -OCH3 is 1. The first-order valence-corrected chi connectivity index (χ1v) is 7.52. The lowest BCUT2D eigenvalue weighted by Crippen LogP contribution is -2.36. The molecule has 23 heavy (non-hydrogen) atoms. The smallest absolute Gasteiger partial charge is 0.319 e. The van der Waals surface area contributed by atoms with Crippen LogP contribution in [-0.4, -0.2) is 30.9 Å². The highest BCUT2D eigenvalue weighted by molar-refractivity contribution is 5.90. The average molecular weight is 314 g/mol. The molecule has 0 aliphatic rings. The Kier molecular flexibility index (Phi) is 6.59. The van der Waals surface area contributed by atoms with E-state index in [-0.39, 0.29) is 12.6 Å². The Morgan fingerprint density at radius 2 is 1.83 bits per heavy atom. The van der Waals surface area contributed by atoms with Gasteiger partial charge < -0.3 is 20.5 Å². The molecule has 2 amide bonds. The zero-order chi connectivity index (χ0) is 16.5. The van der Waals surface area contributed by atoms with Gasteiger partial charge in [-0.2, -0.15) is 0 Å². The van der Waals surface area contributed by atoms with Gasteiger partial charge in [-0.1, -0.05) is 48.5 Å². The topological polar surface area (TPSA) is 70.6 Å². The minimum Gasteiger partial charge on any atom is -0.391 e. The maximum Gasteiger partial charge on any atom is 0.319 e. The highest BCUT2D eigenvalue weighted by Crippen LogP contribution is 2.15. The van der Waals surface area contributed by atoms with Crippen LogP contribution in [0.3, 0.4) is 0 Å². The number of aliphatic hydroxyl groups excluding tert-OH is 1. The van der Waals surface area contributed by atoms with Crippen LogP contribution in [0.15, 0.2) is 54.6 Å². The monoisotopic (exact) mass is 314 g/mol. The van der Waals surface area contributed by atoms with E-state index in [2.05, 4.69) is 10.6 Å². The van der Waals surface area contributed by atoms with Gasteiger partial charge in [0, 0.05) is 31.3 Å². The van der Waals surface area contributed by atoms with E-state index in [1.165, 1.54) is 0 Å². The molecule has 1 atom stereocenters. The SMILES string of the molecule is COCc1ccccc1NC(=O)NCC(O)Cc1ccccc1. The molecule has 0 radical (unpaired) electrons. The zero-order valence-corrected chi connectivity index (χ0v) is 13.2. The third-order valence-electron chi connectivity index (χ3n) is 3.38. The van der Waals surface area contributed by atoms with E-state index < -0.39 is 6.10 Å². The van der Waals surface area contributed by atoms with Crippen molar-refractivity contribution in [3.8, 4) is 0 Å². The van der Waals surface area contributed by atoms with Gasteiger partial charge in [0.15, 0.2) is 0 Å². The van der Waals surface area contributed by atoms with Gasteiger partial charge in [-0.25, -0.2) is 4.79 Å². The lowest BCUT2D eigenvalue weighted by atomic mass is 10.1. The summed E-state index contributed by atoms with van der Waals surface area (Å²) in [6.45, 7) is 0.611. The van der Waals surface area contributed by atoms with Gasteiger partial charge >= 0.3 is 6.03 Å². The fraction of sp³-hybridized carbons (Fsp3) is 0.278. The normalized spacial score (nSPS) is 11.7. The molecule has 3 N–H and O–H groups in total. The Balaban J connectivity index is 1.81. The van der Waals surface area contributed by atoms with Crippen LogP contribution >= 0.6 is 0 Å². The zero-order valence-electron chi connectivity index (χ0n) is 13.2. The molecule has 2 rings (SSSR count). The Morgan fingerprint density at radius 1 is 1.13 bits per heavy atom. The van der Waals surface area contributed by atoms with Crippen LogP contribution in [0.1, 0.15) is 11.1 Å². The molecule has 0 heterocycles. The predicted molar refractivity (Wildman–Crippen MR) is 90.3 cm³/mol. The van der Waals surface area contributed by atoms with Crippen LogP contribution in [0.5, 0.6) is 0 Å². The van der Waals surface area contributed by atoms with Crippen molar-refractivity contribution in [1.29, 1.82) is 0 Å². The molecule has 5 heteroatoms. The molecule has 0 saturated heterocycles. The molecule has 0 aliphatic heterocycles. The van der Waals surface area contributed by atoms with E-state index in [1.807, 2.05) is 54.6 Å². The lowest BCUT2D eigenvalue weighted by molar-refractivity contribution is 0.172. The second kappa shape index (κ2) is 8.92. The largest absolute Gasteiger partial charge is 0.391 e. The maximum atomic E-state index is 12.0. The second-order valence-electron chi connectivity index (χ2n) is 5.27. The van der Waals surface area contributed by atoms with Crippen molar-refractivity contribution < 1.29 is 14.6 Å². The number of ether oxygens (including phenoxy) is 1. The summed E-state index contributed by atoms with van der Waals surface area (Å²) in [5.74, 6) is 0. The second-order valence-corrected chi connectivity index (χ2v) is 5.27. The van der Waals surface area contributed by atoms with Crippen molar-refractivity contribution in [2.24, 2.45) is 0 Å². The highest BCUT2D eigenvalue weighted by Gasteiger charge is 2.09. The average Bonchev–Trinajstić information content (AvgIpc) is 2.56. The maximum absolute atomic E-state index is 12.0. The molecule has 5 nitrogen and oxygen atoms in total. The number of amides is 2. The minimum atomic E-state index is -0.627. The summed E-state index contributed by atoms with van der Waals surface area (Å²) >= 11 is 0. The Labute approximate surface area is 136 Å². The highest BCUT2D eigenvalue weighted by atomic mass is 16.5. The molecule has 0 fully saturated rings. The number of aliphatic hydroxyl groups is 1. The van der Waals surface area contributed by atoms with Gasteiger partial charge in [0.2, 0.25) is 0 Å². The summed E-state index contributed by atoms with van der Waals surface area (Å²) in [6, 6.07) is 16.8. The van der Waals surface area contributed by atoms with Gasteiger partial charge in [0.1, 0.15) is 0 Å². The van der Waals surface area contributed by atoms with Crippen LogP contribution in [0, 0.1) is 0 Å². The molecular weight excluding hydrogens is 292 g/mol. The molecule has 0 spiro atoms. The number of benzene rings is 2. The fourth-order valence-corrected chi connectivity index (χ4v) is 2.26. The van der Waals surface area contributed by atoms with Gasteiger partial charge in [-0.05, 0) is 11.6 Å². The van der Waals surface area contributed by atoms with E-state index >= 15 is 0 Å². The third kappa shape index (κ3) is 5.73. The number of para-hydroxylation sites is 1. The van der Waals surface area contributed by atoms with E-state index in [0.29, 0.717) is 18.7 Å². The quantitative estimate of drug-likeness (QED) is 0.735. The van der Waals surface area contributed by atoms with E-state index in [4.69, 9.17) is 4.74 Å². The minimum absolute atomic E-state index is 0.188. The van der Waals surface area contributed by atoms with Crippen molar-refractivity contribution in [3.63, 3.8) is 0 Å². The molecule has 0 aliphatic carbocycles. The Bertz CT molecular complexity index is 617. The lowest BCUT2D eigenvalue weighted by Gasteiger charge is -2.14. The van der Waals surface area contributed by atoms with Crippen LogP contribution < -0.4 is 10.6 Å². The number of urea groups is 1. The summed E-state index contributed by atoms with van der Waals surface area (Å²) in [4.78, 5) is 12.0. The first kappa shape index (κ1) is 17.0. The standard InChI is InChI=1S/C18H22N2O3/c1-23-13-15-9-5-6-10-17(15)20-18(22)19-12-16(21)11-14-7-3-2-4-8-14/h2-10,16,21H,11-13H2,1H3,(H2,19,20,22). The van der Waals surface area contributed by atoms with E-state index in [0.717, 1.165) is 11.1 Å². The molecule has 0 bridgehead atoms. The van der Waals surface area contributed by atoms with Gasteiger partial charge in [0.05, 0.1) is 12.7 Å². The van der Waals surface area contributed by atoms with Crippen molar-refractivity contribution >= 4 is 11.7 Å². The fourth-order valence-electron chi connectivity index (χ4n) is 2.26. The third-order valence-corrected chi connectivity index (χ3v) is 3.38. The summed E-state index contributed by atoms with van der Waals surface area (Å²) in [5.41, 5.74) is 2.63. The molecule has 122 valence electrons. The summed E-state index contributed by atoms with van der Waals surface area (Å²) in [6.07, 6.45) is -0.126. The number of carbonyl (C=O) groups excluding carboxylic acids is 1. The molecule has 0 aromatic heterocycles. The molecule has 2 aromatic rings. The van der Waals surface area contributed by atoms with E-state index in [1.54, 1.807) is 7.11 Å². The Morgan fingerprint density at radius 3 is 2.57 bits per heavy atom. The number of anilines is 1. The Hall–Kier alpha value is -2.37.